The average Bonchev–Trinajstić information content (AvgIpc) is 2.84. The van der Waals surface area contributed by atoms with Gasteiger partial charge in [0.15, 0.2) is 0 Å². The minimum Gasteiger partial charge on any atom is -0.338 e. The number of benzene rings is 2. The highest BCUT2D eigenvalue weighted by Crippen LogP contribution is 2.28. The number of amides is 2. The Bertz CT molecular complexity index is 1130. The molecule has 3 atom stereocenters. The molecule has 2 aliphatic rings. The van der Waals surface area contributed by atoms with Gasteiger partial charge in [-0.25, -0.2) is 8.42 Å². The zero-order chi connectivity index (χ0) is 24.3. The zero-order valence-corrected chi connectivity index (χ0v) is 20.6. The molecule has 3 unspecified atom stereocenters. The lowest BCUT2D eigenvalue weighted by molar-refractivity contribution is -0.121. The molecule has 4 rings (SSSR count). The van der Waals surface area contributed by atoms with Gasteiger partial charge in [-0.3, -0.25) is 9.59 Å². The number of sulfonamides is 1. The lowest BCUT2D eigenvalue weighted by Crippen LogP contribution is -2.44. The highest BCUT2D eigenvalue weighted by Gasteiger charge is 2.33. The number of rotatable bonds is 5. The van der Waals surface area contributed by atoms with Gasteiger partial charge in [0.05, 0.1) is 10.8 Å². The third-order valence-electron chi connectivity index (χ3n) is 6.67. The molecule has 8 heteroatoms. The molecule has 34 heavy (non-hydrogen) atoms. The second-order valence-electron chi connectivity index (χ2n) is 9.74. The molecular formula is C26H33N3O4S. The molecule has 0 aromatic heterocycles. The van der Waals surface area contributed by atoms with Crippen molar-refractivity contribution in [2.45, 2.75) is 38.0 Å². The molecule has 182 valence electrons. The number of nitrogens with zero attached hydrogens (tertiary/aromatic N) is 2. The lowest BCUT2D eigenvalue weighted by atomic mass is 9.94. The van der Waals surface area contributed by atoms with Crippen molar-refractivity contribution in [3.8, 4) is 0 Å². The van der Waals surface area contributed by atoms with Crippen molar-refractivity contribution >= 4 is 27.5 Å². The van der Waals surface area contributed by atoms with Gasteiger partial charge >= 0.3 is 0 Å². The number of hydrogen-bond donors (Lipinski definition) is 1. The van der Waals surface area contributed by atoms with Crippen LogP contribution in [-0.2, 0) is 14.8 Å². The van der Waals surface area contributed by atoms with Crippen LogP contribution in [0.15, 0.2) is 59.5 Å². The largest absolute Gasteiger partial charge is 0.338 e. The van der Waals surface area contributed by atoms with Crippen LogP contribution in [-0.4, -0.2) is 55.6 Å². The van der Waals surface area contributed by atoms with E-state index in [1.54, 1.807) is 27.4 Å². The van der Waals surface area contributed by atoms with E-state index < -0.39 is 10.0 Å². The van der Waals surface area contributed by atoms with Crippen LogP contribution in [0.25, 0.3) is 0 Å². The molecule has 2 aromatic rings. The lowest BCUT2D eigenvalue weighted by Gasteiger charge is -2.34. The molecule has 2 amide bonds. The van der Waals surface area contributed by atoms with Gasteiger partial charge in [0.2, 0.25) is 15.9 Å². The van der Waals surface area contributed by atoms with E-state index in [4.69, 9.17) is 0 Å². The van der Waals surface area contributed by atoms with E-state index >= 15 is 0 Å². The summed E-state index contributed by atoms with van der Waals surface area (Å²) < 4.78 is 28.1. The van der Waals surface area contributed by atoms with E-state index in [0.717, 1.165) is 18.5 Å². The number of likely N-dealkylation sites (tertiary alicyclic amines) is 1. The summed E-state index contributed by atoms with van der Waals surface area (Å²) in [6, 6.07) is 15.6. The van der Waals surface area contributed by atoms with Gasteiger partial charge in [-0.2, -0.15) is 4.31 Å². The van der Waals surface area contributed by atoms with E-state index in [2.05, 4.69) is 19.2 Å². The summed E-state index contributed by atoms with van der Waals surface area (Å²) in [5, 5.41) is 2.92. The van der Waals surface area contributed by atoms with Crippen molar-refractivity contribution in [3.05, 3.63) is 60.2 Å². The molecule has 2 fully saturated rings. The molecule has 2 aliphatic heterocycles. The highest BCUT2D eigenvalue weighted by molar-refractivity contribution is 7.89. The predicted molar refractivity (Wildman–Crippen MR) is 132 cm³/mol. The maximum absolute atomic E-state index is 13.3. The molecule has 0 saturated carbocycles. The molecule has 7 nitrogen and oxygen atoms in total. The summed E-state index contributed by atoms with van der Waals surface area (Å²) in [4.78, 5) is 27.8. The minimum absolute atomic E-state index is 0.103. The van der Waals surface area contributed by atoms with Crippen LogP contribution in [0.4, 0.5) is 5.69 Å². The van der Waals surface area contributed by atoms with Gasteiger partial charge in [0, 0.05) is 37.4 Å². The molecule has 0 aliphatic carbocycles. The van der Waals surface area contributed by atoms with Crippen LogP contribution in [0.1, 0.15) is 43.5 Å². The normalized spacial score (nSPS) is 23.9. The van der Waals surface area contributed by atoms with Crippen molar-refractivity contribution < 1.29 is 18.0 Å². The summed E-state index contributed by atoms with van der Waals surface area (Å²) in [5.74, 6) is -0.0459. The fraction of sp³-hybridized carbons (Fsp3) is 0.462. The van der Waals surface area contributed by atoms with Crippen molar-refractivity contribution in [1.82, 2.24) is 9.21 Å². The van der Waals surface area contributed by atoms with Crippen LogP contribution < -0.4 is 5.32 Å². The smallest absolute Gasteiger partial charge is 0.253 e. The molecule has 1 N–H and O–H groups in total. The van der Waals surface area contributed by atoms with Crippen LogP contribution >= 0.6 is 0 Å². The Kier molecular flexibility index (Phi) is 7.38. The van der Waals surface area contributed by atoms with Crippen molar-refractivity contribution in [1.29, 1.82) is 0 Å². The number of nitrogens with one attached hydrogen (secondary N) is 1. The third-order valence-corrected chi connectivity index (χ3v) is 8.50. The standard InChI is InChI=1S/C26H33N3O4S/c1-19-14-20(2)17-29(16-19)34(32,33)24-12-6-8-21(15-24)26(31)28-13-7-9-22(18-28)25(30)27-23-10-4-3-5-11-23/h3-6,8,10-12,15,19-20,22H,7,9,13-14,16-18H2,1-2H3,(H,27,30). The summed E-state index contributed by atoms with van der Waals surface area (Å²) in [6.07, 6.45) is 2.45. The van der Waals surface area contributed by atoms with Gasteiger partial charge in [0.25, 0.3) is 5.91 Å². The van der Waals surface area contributed by atoms with Crippen LogP contribution in [0.2, 0.25) is 0 Å². The number of hydrogen-bond acceptors (Lipinski definition) is 4. The number of carbonyl (C=O) groups excluding carboxylic acids is 2. The van der Waals surface area contributed by atoms with E-state index in [1.165, 1.54) is 6.07 Å². The SMILES string of the molecule is CC1CC(C)CN(S(=O)(=O)c2cccc(C(=O)N3CCCC(C(=O)Nc4ccccc4)C3)c2)C1. The second-order valence-corrected chi connectivity index (χ2v) is 11.7. The molecule has 0 bridgehead atoms. The maximum Gasteiger partial charge on any atom is 0.253 e. The van der Waals surface area contributed by atoms with Crippen molar-refractivity contribution in [2.75, 3.05) is 31.5 Å². The third kappa shape index (κ3) is 5.50. The fourth-order valence-electron chi connectivity index (χ4n) is 5.06. The molecule has 2 heterocycles. The minimum atomic E-state index is -3.67. The molecular weight excluding hydrogens is 450 g/mol. The molecule has 0 spiro atoms. The van der Waals surface area contributed by atoms with Crippen LogP contribution in [0.3, 0.4) is 0 Å². The monoisotopic (exact) mass is 483 g/mol. The summed E-state index contributed by atoms with van der Waals surface area (Å²) >= 11 is 0. The Balaban J connectivity index is 1.47. The Morgan fingerprint density at radius 3 is 2.35 bits per heavy atom. The van der Waals surface area contributed by atoms with E-state index in [9.17, 15) is 18.0 Å². The zero-order valence-electron chi connectivity index (χ0n) is 19.8. The predicted octanol–water partition coefficient (Wildman–Crippen LogP) is 3.84. The Hall–Kier alpha value is -2.71. The van der Waals surface area contributed by atoms with E-state index in [0.29, 0.717) is 50.0 Å². The first-order chi connectivity index (χ1) is 16.2. The van der Waals surface area contributed by atoms with Crippen LogP contribution in [0, 0.1) is 17.8 Å². The molecule has 0 radical (unpaired) electrons. The van der Waals surface area contributed by atoms with Crippen molar-refractivity contribution in [3.63, 3.8) is 0 Å². The number of anilines is 1. The van der Waals surface area contributed by atoms with Crippen LogP contribution in [0.5, 0.6) is 0 Å². The fourth-order valence-corrected chi connectivity index (χ4v) is 6.79. The summed E-state index contributed by atoms with van der Waals surface area (Å²) in [6.45, 7) is 5.99. The van der Waals surface area contributed by atoms with Gasteiger partial charge in [0.1, 0.15) is 0 Å². The van der Waals surface area contributed by atoms with Gasteiger partial charge < -0.3 is 10.2 Å². The van der Waals surface area contributed by atoms with Crippen molar-refractivity contribution in [2.24, 2.45) is 17.8 Å². The average molecular weight is 484 g/mol. The topological polar surface area (TPSA) is 86.8 Å². The number of carbonyl (C=O) groups is 2. The van der Waals surface area contributed by atoms with Gasteiger partial charge in [-0.15, -0.1) is 0 Å². The second kappa shape index (κ2) is 10.3. The summed E-state index contributed by atoms with van der Waals surface area (Å²) in [7, 11) is -3.67. The molecule has 2 saturated heterocycles. The Morgan fingerprint density at radius 1 is 0.941 bits per heavy atom. The van der Waals surface area contributed by atoms with Gasteiger partial charge in [-0.05, 0) is 61.4 Å². The first-order valence-corrected chi connectivity index (χ1v) is 13.4. The van der Waals surface area contributed by atoms with E-state index in [1.807, 2.05) is 30.3 Å². The quantitative estimate of drug-likeness (QED) is 0.700. The first kappa shape index (κ1) is 24.4. The highest BCUT2D eigenvalue weighted by atomic mass is 32.2. The number of piperidine rings is 2. The first-order valence-electron chi connectivity index (χ1n) is 12.0. The summed E-state index contributed by atoms with van der Waals surface area (Å²) in [5.41, 5.74) is 1.07. The number of para-hydroxylation sites is 1. The van der Waals surface area contributed by atoms with Gasteiger partial charge in [-0.1, -0.05) is 38.1 Å². The molecule has 2 aromatic carbocycles. The Labute approximate surface area is 202 Å². The maximum atomic E-state index is 13.3. The van der Waals surface area contributed by atoms with E-state index in [-0.39, 0.29) is 22.6 Å². The Morgan fingerprint density at radius 2 is 1.65 bits per heavy atom.